The van der Waals surface area contributed by atoms with Crippen molar-refractivity contribution in [3.8, 4) is 0 Å². The predicted molar refractivity (Wildman–Crippen MR) is 97.4 cm³/mol. The van der Waals surface area contributed by atoms with Crippen LogP contribution in [0.3, 0.4) is 0 Å². The van der Waals surface area contributed by atoms with Gasteiger partial charge in [-0.05, 0) is 68.7 Å². The van der Waals surface area contributed by atoms with Crippen LogP contribution in [0.5, 0.6) is 0 Å². The van der Waals surface area contributed by atoms with Crippen molar-refractivity contribution in [1.82, 2.24) is 9.88 Å². The average molecular weight is 330 g/mol. The summed E-state index contributed by atoms with van der Waals surface area (Å²) < 4.78 is 5.73. The van der Waals surface area contributed by atoms with Crippen LogP contribution in [0.2, 0.25) is 0 Å². The largest absolute Gasteiger partial charge is 0.380 e. The van der Waals surface area contributed by atoms with E-state index in [0.717, 1.165) is 19.6 Å². The molecule has 23 heavy (non-hydrogen) atoms. The maximum Gasteiger partial charge on any atom is 0.0621 e. The van der Waals surface area contributed by atoms with Gasteiger partial charge in [0.2, 0.25) is 0 Å². The number of nitrogens with one attached hydrogen (secondary N) is 1. The van der Waals surface area contributed by atoms with Crippen LogP contribution in [0.4, 0.5) is 0 Å². The second-order valence-electron chi connectivity index (χ2n) is 6.83. The number of hydrogen-bond donors (Lipinski definition) is 1. The Morgan fingerprint density at radius 2 is 2.26 bits per heavy atom. The lowest BCUT2D eigenvalue weighted by atomic mass is 10.0. The summed E-state index contributed by atoms with van der Waals surface area (Å²) in [7, 11) is 0. The van der Waals surface area contributed by atoms with Crippen molar-refractivity contribution in [3.05, 3.63) is 30.0 Å². The molecule has 0 amide bonds. The quantitative estimate of drug-likeness (QED) is 0.856. The SMILES string of the molecule is CSc1ccc2[nH]cc(C[C@H]3CCCN3[C@H]3CCCOC3)c2c1. The first-order chi connectivity index (χ1) is 11.3. The summed E-state index contributed by atoms with van der Waals surface area (Å²) in [5.74, 6) is 0. The van der Waals surface area contributed by atoms with Crippen molar-refractivity contribution >= 4 is 22.7 Å². The van der Waals surface area contributed by atoms with Crippen LogP contribution in [0.15, 0.2) is 29.3 Å². The van der Waals surface area contributed by atoms with Gasteiger partial charge in [-0.25, -0.2) is 0 Å². The summed E-state index contributed by atoms with van der Waals surface area (Å²) in [6.45, 7) is 3.13. The van der Waals surface area contributed by atoms with Crippen LogP contribution < -0.4 is 0 Å². The second-order valence-corrected chi connectivity index (χ2v) is 7.71. The fourth-order valence-corrected chi connectivity index (χ4v) is 4.69. The van der Waals surface area contributed by atoms with E-state index in [2.05, 4.69) is 40.5 Å². The number of hydrogen-bond acceptors (Lipinski definition) is 3. The Bertz CT molecular complexity index is 662. The van der Waals surface area contributed by atoms with Gasteiger partial charge in [-0.15, -0.1) is 11.8 Å². The highest BCUT2D eigenvalue weighted by atomic mass is 32.2. The van der Waals surface area contributed by atoms with E-state index >= 15 is 0 Å². The highest BCUT2D eigenvalue weighted by Gasteiger charge is 2.32. The minimum atomic E-state index is 0.642. The van der Waals surface area contributed by atoms with E-state index < -0.39 is 0 Å². The molecule has 0 spiro atoms. The average Bonchev–Trinajstić information content (AvgIpc) is 3.23. The van der Waals surface area contributed by atoms with Gasteiger partial charge in [0.15, 0.2) is 0 Å². The number of benzene rings is 1. The zero-order chi connectivity index (χ0) is 15.6. The van der Waals surface area contributed by atoms with E-state index in [9.17, 15) is 0 Å². The van der Waals surface area contributed by atoms with Gasteiger partial charge in [-0.2, -0.15) is 0 Å². The third-order valence-electron chi connectivity index (χ3n) is 5.46. The molecule has 1 aromatic carbocycles. The lowest BCUT2D eigenvalue weighted by Crippen LogP contribution is -2.44. The van der Waals surface area contributed by atoms with Gasteiger partial charge in [0, 0.05) is 40.7 Å². The molecule has 4 heteroatoms. The molecule has 2 fully saturated rings. The molecule has 2 aliphatic heterocycles. The van der Waals surface area contributed by atoms with E-state index in [1.807, 2.05) is 11.8 Å². The van der Waals surface area contributed by atoms with Crippen molar-refractivity contribution in [2.24, 2.45) is 0 Å². The molecule has 3 nitrogen and oxygen atoms in total. The summed E-state index contributed by atoms with van der Waals surface area (Å²) in [6.07, 6.45) is 10.7. The van der Waals surface area contributed by atoms with Crippen LogP contribution in [0.25, 0.3) is 10.9 Å². The van der Waals surface area contributed by atoms with Crippen LogP contribution >= 0.6 is 11.8 Å². The Kier molecular flexibility index (Phi) is 4.65. The molecule has 2 aromatic rings. The minimum absolute atomic E-state index is 0.642. The number of nitrogens with zero attached hydrogens (tertiary/aromatic N) is 1. The van der Waals surface area contributed by atoms with E-state index in [4.69, 9.17) is 4.74 Å². The number of thioether (sulfide) groups is 1. The fraction of sp³-hybridized carbons (Fsp3) is 0.579. The molecule has 0 saturated carbocycles. The van der Waals surface area contributed by atoms with Crippen molar-refractivity contribution < 1.29 is 4.74 Å². The Morgan fingerprint density at radius 3 is 3.09 bits per heavy atom. The van der Waals surface area contributed by atoms with Gasteiger partial charge in [0.25, 0.3) is 0 Å². The molecule has 0 bridgehead atoms. The molecule has 3 heterocycles. The lowest BCUT2D eigenvalue weighted by Gasteiger charge is -2.35. The molecule has 124 valence electrons. The van der Waals surface area contributed by atoms with Crippen molar-refractivity contribution in [2.75, 3.05) is 26.0 Å². The summed E-state index contributed by atoms with van der Waals surface area (Å²) in [4.78, 5) is 7.54. The maximum absolute atomic E-state index is 5.73. The molecule has 2 atom stereocenters. The number of H-pyrrole nitrogens is 1. The Labute approximate surface area is 142 Å². The first kappa shape index (κ1) is 15.6. The highest BCUT2D eigenvalue weighted by molar-refractivity contribution is 7.98. The minimum Gasteiger partial charge on any atom is -0.380 e. The second kappa shape index (κ2) is 6.88. The first-order valence-electron chi connectivity index (χ1n) is 8.82. The topological polar surface area (TPSA) is 28.3 Å². The van der Waals surface area contributed by atoms with Crippen molar-refractivity contribution in [3.63, 3.8) is 0 Å². The van der Waals surface area contributed by atoms with Gasteiger partial charge in [0.1, 0.15) is 0 Å². The Balaban J connectivity index is 1.54. The maximum atomic E-state index is 5.73. The van der Waals surface area contributed by atoms with Crippen LogP contribution in [-0.4, -0.2) is 48.0 Å². The number of aromatic nitrogens is 1. The summed E-state index contributed by atoms with van der Waals surface area (Å²) >= 11 is 1.82. The Hall–Kier alpha value is -0.970. The van der Waals surface area contributed by atoms with E-state index in [1.54, 1.807) is 0 Å². The molecule has 0 aliphatic carbocycles. The number of rotatable bonds is 4. The molecular weight excluding hydrogens is 304 g/mol. The summed E-state index contributed by atoms with van der Waals surface area (Å²) in [5, 5.41) is 1.41. The van der Waals surface area contributed by atoms with E-state index in [-0.39, 0.29) is 0 Å². The van der Waals surface area contributed by atoms with Gasteiger partial charge >= 0.3 is 0 Å². The molecule has 2 saturated heterocycles. The van der Waals surface area contributed by atoms with Crippen LogP contribution in [-0.2, 0) is 11.2 Å². The molecule has 2 aliphatic rings. The standard InChI is InChI=1S/C19H26N2OS/c1-23-17-6-7-19-18(11-17)14(12-20-19)10-15-4-2-8-21(15)16-5-3-9-22-13-16/h6-7,11-12,15-16,20H,2-5,8-10,13H2,1H3/t15-,16+/m1/s1. The lowest BCUT2D eigenvalue weighted by molar-refractivity contribution is 0.0129. The number of likely N-dealkylation sites (tertiary alicyclic amines) is 1. The number of ether oxygens (including phenoxy) is 1. The van der Waals surface area contributed by atoms with Gasteiger partial charge in [-0.1, -0.05) is 0 Å². The summed E-state index contributed by atoms with van der Waals surface area (Å²) in [5.41, 5.74) is 2.74. The normalized spacial score (nSPS) is 26.1. The molecular formula is C19H26N2OS. The predicted octanol–water partition coefficient (Wildman–Crippen LogP) is 4.08. The Morgan fingerprint density at radius 1 is 1.30 bits per heavy atom. The van der Waals surface area contributed by atoms with Gasteiger partial charge in [0.05, 0.1) is 6.61 Å². The monoisotopic (exact) mass is 330 g/mol. The molecule has 0 radical (unpaired) electrons. The fourth-order valence-electron chi connectivity index (χ4n) is 4.25. The summed E-state index contributed by atoms with van der Waals surface area (Å²) in [6, 6.07) is 8.08. The van der Waals surface area contributed by atoms with Crippen LogP contribution in [0, 0.1) is 0 Å². The first-order valence-corrected chi connectivity index (χ1v) is 10.0. The van der Waals surface area contributed by atoms with Crippen molar-refractivity contribution in [2.45, 2.75) is 49.1 Å². The van der Waals surface area contributed by atoms with Crippen LogP contribution in [0.1, 0.15) is 31.2 Å². The van der Waals surface area contributed by atoms with Crippen molar-refractivity contribution in [1.29, 1.82) is 0 Å². The third kappa shape index (κ3) is 3.17. The molecule has 0 unspecified atom stereocenters. The zero-order valence-electron chi connectivity index (χ0n) is 13.9. The molecule has 1 aromatic heterocycles. The zero-order valence-corrected chi connectivity index (χ0v) is 14.7. The van der Waals surface area contributed by atoms with E-state index in [1.165, 1.54) is 53.6 Å². The van der Waals surface area contributed by atoms with E-state index in [0.29, 0.717) is 12.1 Å². The molecule has 1 N–H and O–H groups in total. The smallest absolute Gasteiger partial charge is 0.0621 e. The third-order valence-corrected chi connectivity index (χ3v) is 6.18. The molecule has 4 rings (SSSR count). The number of aromatic amines is 1. The number of fused-ring (bicyclic) bond motifs is 1. The highest BCUT2D eigenvalue weighted by Crippen LogP contribution is 2.30. The van der Waals surface area contributed by atoms with Gasteiger partial charge < -0.3 is 9.72 Å². The van der Waals surface area contributed by atoms with Gasteiger partial charge in [-0.3, -0.25) is 4.90 Å².